The first-order valence-electron chi connectivity index (χ1n) is 44.3. The SMILES string of the molecule is CC1=C(C=O)CC=N1.CCCOc1ccc(-c2ccc3c(c2)C=C(C(=O)Nc2ccc(S(=O)Cc4ncn(CCC)c4C)cc2)CCCN3CC(C)(C)C(=O)OC)cc1.CCCn1cnc(C=O)c1C.CCCn1cnc(CCl)c1C.CCCn1cnc(CO)c1C.CCCn1cnc(CS(=O)c2ccc(N)cc2)c1C.CCCn1cnc(CSc2ccc(N)cc2)c1C.Cl. The first-order valence-corrected chi connectivity index (χ1v) is 48.5. The number of aryl methyl sites for hydroxylation is 6. The van der Waals surface area contributed by atoms with Gasteiger partial charge < -0.3 is 63.7 Å². The number of nitrogens with two attached hydrogens (primary N) is 2. The number of esters is 1. The van der Waals surface area contributed by atoms with E-state index >= 15 is 0 Å². The predicted molar refractivity (Wildman–Crippen MR) is 533 cm³/mol. The topological polar surface area (TPSA) is 328 Å². The summed E-state index contributed by atoms with van der Waals surface area (Å²) in [6.07, 6.45) is 25.8. The van der Waals surface area contributed by atoms with Gasteiger partial charge in [-0.1, -0.05) is 66.7 Å². The number of hydrogen-bond donors (Lipinski definition) is 4. The molecule has 2 unspecified atom stereocenters. The number of amides is 1. The highest BCUT2D eigenvalue weighted by molar-refractivity contribution is 7.98. The van der Waals surface area contributed by atoms with Crippen molar-refractivity contribution in [2.45, 2.75) is 259 Å². The third-order valence-corrected chi connectivity index (χ3v) is 25.6. The number of nitrogens with zero attached hydrogens (tertiary/aromatic N) is 14. The number of carbonyl (C=O) groups is 4. The number of thioether (sulfide) groups is 1. The Labute approximate surface area is 789 Å². The molecule has 8 heterocycles. The molecule has 0 bridgehead atoms. The fourth-order valence-electron chi connectivity index (χ4n) is 13.9. The molecule has 0 saturated heterocycles. The van der Waals surface area contributed by atoms with Gasteiger partial charge in [0, 0.05) is 159 Å². The molecule has 13 rings (SSSR count). The average Bonchev–Trinajstić information content (AvgIpc) is 0.917. The number of nitrogen functional groups attached to an aromatic ring is 2. The molecule has 0 fully saturated rings. The van der Waals surface area contributed by atoms with Crippen molar-refractivity contribution >= 4 is 117 Å². The molecule has 2 atom stereocenters. The van der Waals surface area contributed by atoms with Crippen molar-refractivity contribution in [3.05, 3.63) is 244 Å². The second-order valence-electron chi connectivity index (χ2n) is 32.0. The number of aldehydes is 2. The smallest absolute Gasteiger partial charge is 0.313 e. The highest BCUT2D eigenvalue weighted by atomic mass is 35.5. The number of aromatic nitrogens is 12. The first-order chi connectivity index (χ1) is 62.1. The Kier molecular flexibility index (Phi) is 46.5. The van der Waals surface area contributed by atoms with Crippen LogP contribution in [0.2, 0.25) is 0 Å². The maximum Gasteiger partial charge on any atom is 0.313 e. The van der Waals surface area contributed by atoms with E-state index in [-0.39, 0.29) is 30.9 Å². The van der Waals surface area contributed by atoms with Crippen LogP contribution in [0.15, 0.2) is 190 Å². The summed E-state index contributed by atoms with van der Waals surface area (Å²) in [5.74, 6) is 2.60. The van der Waals surface area contributed by atoms with Crippen LogP contribution >= 0.6 is 35.8 Å². The molecule has 130 heavy (non-hydrogen) atoms. The summed E-state index contributed by atoms with van der Waals surface area (Å²) >= 11 is 7.47. The zero-order chi connectivity index (χ0) is 94.1. The van der Waals surface area contributed by atoms with Crippen LogP contribution in [0, 0.1) is 47.0 Å². The third kappa shape index (κ3) is 32.6. The highest BCUT2D eigenvalue weighted by Gasteiger charge is 2.33. The second kappa shape index (κ2) is 56.0. The molecular weight excluding hydrogens is 1740 g/mol. The lowest BCUT2D eigenvalue weighted by Crippen LogP contribution is -2.41. The lowest BCUT2D eigenvalue weighted by Gasteiger charge is -2.34. The Bertz CT molecular complexity index is 5440. The molecule has 0 radical (unpaired) electrons. The molecule has 0 spiro atoms. The summed E-state index contributed by atoms with van der Waals surface area (Å²) in [6, 6.07) is 36.6. The Morgan fingerprint density at radius 2 is 1.01 bits per heavy atom. The van der Waals surface area contributed by atoms with Crippen molar-refractivity contribution < 1.29 is 42.2 Å². The van der Waals surface area contributed by atoms with Gasteiger partial charge in [0.05, 0.1) is 131 Å². The van der Waals surface area contributed by atoms with Crippen molar-refractivity contribution in [1.82, 2.24) is 57.3 Å². The fourth-order valence-corrected chi connectivity index (χ4v) is 17.4. The zero-order valence-electron chi connectivity index (χ0n) is 78.9. The maximum absolute atomic E-state index is 13.8. The lowest BCUT2D eigenvalue weighted by molar-refractivity contribution is -0.150. The van der Waals surface area contributed by atoms with Gasteiger partial charge in [-0.25, -0.2) is 29.9 Å². The van der Waals surface area contributed by atoms with E-state index in [9.17, 15) is 27.6 Å². The number of alkyl halides is 1. The van der Waals surface area contributed by atoms with E-state index in [0.29, 0.717) is 71.0 Å². The molecule has 5 aromatic carbocycles. The standard InChI is InChI=1S/C41H50N4O5S.C14H19N3OS.C14H19N3S.C8H13ClN2.C8H14N2O.C8H12N2O.C6H7NO.ClH/c1-7-21-45-28-42-37(29(45)3)26-51(48)36-18-14-34(15-19-36)43-39(46)32-10-9-22-44(27-41(4,5)40(47)49-6)38-20-13-31(24-33(38)25-32)30-11-16-35(17-12-30)50-23-8-2;1-3-8-17-10-16-14(11(17)2)9-19(18)13-6-4-12(15)5-7-13;1-3-8-17-10-16-14(11(17)2)9-18-13-6-4-12(15)5-7-13;1-3-4-11-6-10-8(5-9)7(11)2;2*1-3-4-10-6-9-8(5-11)7(10)2;1-5-6(4-8)2-3-7-5;/h11-20,24-25,28H,7-10,21-23,26-27H2,1-6H3,(H,43,46);4-7,10H,3,8-9,15H2,1-2H3;4-7,10H,3,8-9,15H2,1-2H3;6H,3-5H2,1-2H3;6,11H,3-5H2,1-2H3;5-6H,3-4H2,1-2H3;3-4H,2H2,1H3;1H. The van der Waals surface area contributed by atoms with E-state index in [4.69, 9.17) is 37.6 Å². The monoisotopic (exact) mass is 1870 g/mol. The van der Waals surface area contributed by atoms with Crippen LogP contribution < -0.4 is 26.4 Å². The summed E-state index contributed by atoms with van der Waals surface area (Å²) in [5, 5.41) is 11.9. The number of hydrogen-bond acceptors (Lipinski definition) is 20. The number of allylic oxidation sites excluding steroid dienone is 2. The predicted octanol–water partition coefficient (Wildman–Crippen LogP) is 20.4. The quantitative estimate of drug-likeness (QED) is 0.00957. The number of halogens is 2. The largest absolute Gasteiger partial charge is 0.494 e. The van der Waals surface area contributed by atoms with E-state index < -0.39 is 27.0 Å². The minimum absolute atomic E-state index is 0. The molecule has 1 amide bonds. The van der Waals surface area contributed by atoms with Gasteiger partial charge in [0.25, 0.3) is 5.91 Å². The van der Waals surface area contributed by atoms with Crippen molar-refractivity contribution in [2.75, 3.05) is 48.5 Å². The van der Waals surface area contributed by atoms with Gasteiger partial charge in [0.2, 0.25) is 0 Å². The Hall–Kier alpha value is -10.8. The number of nitrogens with one attached hydrogen (secondary N) is 1. The van der Waals surface area contributed by atoms with Crippen LogP contribution in [0.3, 0.4) is 0 Å². The summed E-state index contributed by atoms with van der Waals surface area (Å²) in [7, 11) is -0.922. The molecule has 2 aliphatic heterocycles. The third-order valence-electron chi connectivity index (χ3n) is 21.7. The van der Waals surface area contributed by atoms with Gasteiger partial charge in [-0.2, -0.15) is 0 Å². The molecule has 0 saturated carbocycles. The van der Waals surface area contributed by atoms with Crippen LogP contribution in [-0.4, -0.2) is 128 Å². The minimum Gasteiger partial charge on any atom is -0.494 e. The van der Waals surface area contributed by atoms with Crippen LogP contribution in [0.25, 0.3) is 17.2 Å². The van der Waals surface area contributed by atoms with E-state index in [0.717, 1.165) is 211 Å². The molecule has 702 valence electrons. The van der Waals surface area contributed by atoms with Gasteiger partial charge in [-0.3, -0.25) is 32.6 Å². The average molecular weight is 1870 g/mol. The molecule has 6 N–H and O–H groups in total. The summed E-state index contributed by atoms with van der Waals surface area (Å²) in [4.78, 5) is 81.2. The van der Waals surface area contributed by atoms with Crippen LogP contribution in [0.4, 0.5) is 22.7 Å². The van der Waals surface area contributed by atoms with Crippen molar-refractivity contribution in [3.8, 4) is 16.9 Å². The number of aliphatic hydroxyl groups is 1. The number of methoxy groups -OCH3 is 1. The number of anilines is 4. The van der Waals surface area contributed by atoms with E-state index in [1.807, 2.05) is 133 Å². The normalized spacial score (nSPS) is 12.4. The van der Waals surface area contributed by atoms with Gasteiger partial charge in [-0.05, 0) is 240 Å². The maximum atomic E-state index is 13.8. The van der Waals surface area contributed by atoms with Gasteiger partial charge in [0.1, 0.15) is 17.7 Å². The van der Waals surface area contributed by atoms with Gasteiger partial charge in [-0.15, -0.1) is 35.8 Å². The fraction of sp³-hybridized carbons (Fsp3) is 0.424. The number of carbonyl (C=O) groups excluding carboxylic acids is 4. The number of aliphatic hydroxyl groups excluding tert-OH is 1. The Morgan fingerprint density at radius 1 is 0.562 bits per heavy atom. The Balaban J connectivity index is 0.000000268. The van der Waals surface area contributed by atoms with Crippen LogP contribution in [-0.2, 0) is 110 Å². The zero-order valence-corrected chi connectivity index (χ0v) is 82.9. The molecule has 31 heteroatoms. The number of ether oxygens (including phenoxy) is 2. The molecule has 6 aromatic heterocycles. The lowest BCUT2D eigenvalue weighted by atomic mass is 9.90. The number of benzene rings is 5. The number of rotatable bonds is 34. The Morgan fingerprint density at radius 3 is 1.44 bits per heavy atom. The highest BCUT2D eigenvalue weighted by Crippen LogP contribution is 2.36. The molecule has 2 aliphatic rings. The van der Waals surface area contributed by atoms with Crippen molar-refractivity contribution in [2.24, 2.45) is 10.4 Å². The molecule has 26 nitrogen and oxygen atoms in total. The number of fused-ring (bicyclic) bond motifs is 1. The number of aliphatic imine (C=N–C) groups is 1. The van der Waals surface area contributed by atoms with Crippen molar-refractivity contribution in [3.63, 3.8) is 0 Å². The molecule has 0 aliphatic carbocycles. The van der Waals surface area contributed by atoms with E-state index in [2.05, 4.69) is 161 Å². The van der Waals surface area contributed by atoms with Crippen LogP contribution in [0.5, 0.6) is 5.75 Å². The van der Waals surface area contributed by atoms with Gasteiger partial charge >= 0.3 is 5.97 Å². The summed E-state index contributed by atoms with van der Waals surface area (Å²) < 4.78 is 49.0. The van der Waals surface area contributed by atoms with E-state index in [1.54, 1.807) is 67.0 Å². The summed E-state index contributed by atoms with van der Waals surface area (Å²) in [6.45, 7) is 40.3. The first kappa shape index (κ1) is 108. The second-order valence-corrected chi connectivity index (χ2v) is 36.2. The molecule has 11 aromatic rings. The molecular formula is C99H135Cl2N17O9S3. The van der Waals surface area contributed by atoms with E-state index in [1.165, 1.54) is 29.1 Å². The van der Waals surface area contributed by atoms with Gasteiger partial charge in [0.15, 0.2) is 6.29 Å². The van der Waals surface area contributed by atoms with Crippen LogP contribution in [0.1, 0.15) is 212 Å². The van der Waals surface area contributed by atoms with Crippen molar-refractivity contribution in [1.29, 1.82) is 0 Å². The minimum atomic E-state index is -1.27. The number of imidazole rings is 6. The summed E-state index contributed by atoms with van der Waals surface area (Å²) in [5.41, 5.74) is 30.8.